The Morgan fingerprint density at radius 3 is 2.09 bits per heavy atom. The third-order valence-corrected chi connectivity index (χ3v) is 4.78. The smallest absolute Gasteiger partial charge is 0.343 e. The average molecular weight is 478 g/mol. The van der Waals surface area contributed by atoms with Crippen LogP contribution in [0.15, 0.2) is 48.5 Å². The molecule has 0 aromatic heterocycles. The van der Waals surface area contributed by atoms with Crippen LogP contribution < -0.4 is 24.6 Å². The largest absolute Gasteiger partial charge is 0.867 e. The molecule has 0 amide bonds. The molecule has 0 spiro atoms. The lowest BCUT2D eigenvalue weighted by Crippen LogP contribution is -2.10. The fourth-order valence-electron chi connectivity index (χ4n) is 2.73. The first kappa shape index (κ1) is 23.0. The number of benzene rings is 3. The predicted octanol–water partition coefficient (Wildman–Crippen LogP) is 4.96. The molecule has 3 rings (SSSR count). The number of anilines is 2. The number of rotatable bonds is 7. The lowest BCUT2D eigenvalue weighted by atomic mass is 10.2. The number of carbonyl (C=O) groups excluding carboxylic acids is 1. The third-order valence-electron chi connectivity index (χ3n) is 4.27. The van der Waals surface area contributed by atoms with Crippen LogP contribution in [0.1, 0.15) is 10.4 Å². The van der Waals surface area contributed by atoms with Crippen LogP contribution in [0.4, 0.5) is 17.1 Å². The van der Waals surface area contributed by atoms with E-state index in [0.29, 0.717) is 5.69 Å². The van der Waals surface area contributed by atoms with Gasteiger partial charge in [-0.1, -0.05) is 23.2 Å². The van der Waals surface area contributed by atoms with E-state index in [-0.39, 0.29) is 44.2 Å². The zero-order chi connectivity index (χ0) is 23.4. The molecule has 0 saturated heterocycles. The number of carbonyl (C=O) groups is 1. The fourth-order valence-corrected chi connectivity index (χ4v) is 3.25. The van der Waals surface area contributed by atoms with Crippen LogP contribution in [-0.2, 0) is 0 Å². The number of nitro benzene ring substituents is 1. The molecule has 166 valence electrons. The molecule has 32 heavy (non-hydrogen) atoms. The Morgan fingerprint density at radius 2 is 1.56 bits per heavy atom. The normalized spacial score (nSPS) is 10.4. The molecule has 0 aliphatic rings. The second-order valence-corrected chi connectivity index (χ2v) is 7.13. The number of nitrogens with one attached hydrogen (secondary N) is 1. The van der Waals surface area contributed by atoms with Crippen molar-refractivity contribution in [3.63, 3.8) is 0 Å². The molecule has 0 saturated carbocycles. The molecule has 3 aromatic rings. The van der Waals surface area contributed by atoms with Gasteiger partial charge in [0.1, 0.15) is 17.2 Å². The number of hydrogen-bond donors (Lipinski definition) is 1. The van der Waals surface area contributed by atoms with Crippen LogP contribution in [0.5, 0.6) is 23.0 Å². The summed E-state index contributed by atoms with van der Waals surface area (Å²) in [6, 6.07) is 10.6. The predicted molar refractivity (Wildman–Crippen MR) is 117 cm³/mol. The number of halogens is 2. The van der Waals surface area contributed by atoms with E-state index in [1.165, 1.54) is 62.8 Å². The summed E-state index contributed by atoms with van der Waals surface area (Å²) in [5, 5.41) is 26.3. The van der Waals surface area contributed by atoms with Gasteiger partial charge in [-0.15, -0.1) is 0 Å². The van der Waals surface area contributed by atoms with Gasteiger partial charge < -0.3 is 24.6 Å². The highest BCUT2D eigenvalue weighted by molar-refractivity contribution is 6.37. The van der Waals surface area contributed by atoms with Crippen LogP contribution in [0.25, 0.3) is 0 Å². The summed E-state index contributed by atoms with van der Waals surface area (Å²) in [6.45, 7) is 0. The van der Waals surface area contributed by atoms with Crippen LogP contribution in [0.2, 0.25) is 10.0 Å². The van der Waals surface area contributed by atoms with E-state index in [4.69, 9.17) is 37.4 Å². The second kappa shape index (κ2) is 9.63. The maximum Gasteiger partial charge on any atom is 0.343 e. The Hall–Kier alpha value is -3.69. The molecule has 11 heteroatoms. The SMILES string of the molecule is COc1cc(Nc2c(Cl)cc(Cl)cc2OC(=O)c2ccc([N+](=O)[O-])cc2)cc(OC)c1[O-]. The molecule has 0 radical (unpaired) electrons. The van der Waals surface area contributed by atoms with E-state index in [2.05, 4.69) is 5.32 Å². The van der Waals surface area contributed by atoms with Crippen molar-refractivity contribution in [3.05, 3.63) is 74.3 Å². The van der Waals surface area contributed by atoms with Gasteiger partial charge >= 0.3 is 5.97 Å². The third kappa shape index (κ3) is 4.96. The van der Waals surface area contributed by atoms with Gasteiger partial charge in [0.15, 0.2) is 5.75 Å². The summed E-state index contributed by atoms with van der Waals surface area (Å²) in [4.78, 5) is 22.8. The van der Waals surface area contributed by atoms with E-state index >= 15 is 0 Å². The van der Waals surface area contributed by atoms with E-state index in [1.807, 2.05) is 0 Å². The molecule has 1 N–H and O–H groups in total. The molecular weight excluding hydrogens is 463 g/mol. The molecule has 0 atom stereocenters. The van der Waals surface area contributed by atoms with Crippen molar-refractivity contribution in [3.8, 4) is 23.0 Å². The van der Waals surface area contributed by atoms with E-state index in [1.54, 1.807) is 0 Å². The topological polar surface area (TPSA) is 123 Å². The van der Waals surface area contributed by atoms with Crippen molar-refractivity contribution in [2.45, 2.75) is 0 Å². The second-order valence-electron chi connectivity index (χ2n) is 6.29. The monoisotopic (exact) mass is 477 g/mol. The average Bonchev–Trinajstić information content (AvgIpc) is 2.76. The first-order chi connectivity index (χ1) is 15.2. The highest BCUT2D eigenvalue weighted by Gasteiger charge is 2.18. The van der Waals surface area contributed by atoms with Gasteiger partial charge in [-0.2, -0.15) is 0 Å². The van der Waals surface area contributed by atoms with Crippen LogP contribution in [0.3, 0.4) is 0 Å². The minimum Gasteiger partial charge on any atom is -0.867 e. The molecular formula is C21H15Cl2N2O7-. The summed E-state index contributed by atoms with van der Waals surface area (Å²) in [6.07, 6.45) is 0. The molecule has 0 aliphatic heterocycles. The zero-order valence-electron chi connectivity index (χ0n) is 16.7. The zero-order valence-corrected chi connectivity index (χ0v) is 18.2. The number of nitrogens with zero attached hydrogens (tertiary/aromatic N) is 1. The quantitative estimate of drug-likeness (QED) is 0.219. The van der Waals surface area contributed by atoms with E-state index < -0.39 is 16.6 Å². The number of non-ortho nitro benzene ring substituents is 1. The van der Waals surface area contributed by atoms with Gasteiger partial charge in [0, 0.05) is 41.0 Å². The molecule has 9 nitrogen and oxygen atoms in total. The number of methoxy groups -OCH3 is 2. The number of ether oxygens (including phenoxy) is 3. The van der Waals surface area contributed by atoms with E-state index in [0.717, 1.165) is 0 Å². The summed E-state index contributed by atoms with van der Waals surface area (Å²) in [5.74, 6) is -1.17. The van der Waals surface area contributed by atoms with Gasteiger partial charge in [-0.3, -0.25) is 10.1 Å². The summed E-state index contributed by atoms with van der Waals surface area (Å²) < 4.78 is 15.6. The fraction of sp³-hybridized carbons (Fsp3) is 0.0952. The maximum absolute atomic E-state index is 12.6. The minimum absolute atomic E-state index is 0.00464. The Labute approximate surface area is 192 Å². The van der Waals surface area contributed by atoms with Gasteiger partial charge in [0.25, 0.3) is 5.69 Å². The van der Waals surface area contributed by atoms with Crippen molar-refractivity contribution in [1.82, 2.24) is 0 Å². The number of nitro groups is 1. The van der Waals surface area contributed by atoms with Crippen molar-refractivity contribution in [2.75, 3.05) is 19.5 Å². The molecule has 0 bridgehead atoms. The molecule has 0 heterocycles. The van der Waals surface area contributed by atoms with Crippen LogP contribution in [0, 0.1) is 10.1 Å². The van der Waals surface area contributed by atoms with Crippen molar-refractivity contribution < 1.29 is 29.0 Å². The van der Waals surface area contributed by atoms with Gasteiger partial charge in [-0.25, -0.2) is 4.79 Å². The summed E-state index contributed by atoms with van der Waals surface area (Å²) in [7, 11) is 2.68. The Balaban J connectivity index is 1.95. The Morgan fingerprint density at radius 1 is 0.969 bits per heavy atom. The van der Waals surface area contributed by atoms with Gasteiger partial charge in [0.2, 0.25) is 0 Å². The van der Waals surface area contributed by atoms with Crippen molar-refractivity contribution in [2.24, 2.45) is 0 Å². The van der Waals surface area contributed by atoms with Crippen LogP contribution in [-0.4, -0.2) is 25.1 Å². The lowest BCUT2D eigenvalue weighted by molar-refractivity contribution is -0.384. The molecule has 0 aliphatic carbocycles. The summed E-state index contributed by atoms with van der Waals surface area (Å²) >= 11 is 12.4. The lowest BCUT2D eigenvalue weighted by Gasteiger charge is -2.20. The van der Waals surface area contributed by atoms with Crippen molar-refractivity contribution in [1.29, 1.82) is 0 Å². The Kier molecular flexibility index (Phi) is 6.92. The van der Waals surface area contributed by atoms with Gasteiger partial charge in [0.05, 0.1) is 29.7 Å². The number of esters is 1. The van der Waals surface area contributed by atoms with E-state index in [9.17, 15) is 20.0 Å². The maximum atomic E-state index is 12.6. The van der Waals surface area contributed by atoms with Crippen LogP contribution >= 0.6 is 23.2 Å². The summed E-state index contributed by atoms with van der Waals surface area (Å²) in [5.41, 5.74) is 0.473. The van der Waals surface area contributed by atoms with Crippen molar-refractivity contribution >= 4 is 46.2 Å². The first-order valence-electron chi connectivity index (χ1n) is 8.89. The highest BCUT2D eigenvalue weighted by Crippen LogP contribution is 2.42. The molecule has 0 fully saturated rings. The van der Waals surface area contributed by atoms with Gasteiger partial charge in [-0.05, 0) is 23.9 Å². The standard InChI is InChI=1S/C21H16Cl2N2O7/c1-30-17-9-13(10-18(31-2)20(17)26)24-19-15(23)7-12(22)8-16(19)32-21(27)11-3-5-14(6-4-11)25(28)29/h3-10,24,26H,1-2H3/p-1. The minimum atomic E-state index is -0.786. The molecule has 3 aromatic carbocycles. The highest BCUT2D eigenvalue weighted by atomic mass is 35.5. The number of hydrogen-bond acceptors (Lipinski definition) is 8. The Bertz CT molecular complexity index is 1160. The first-order valence-corrected chi connectivity index (χ1v) is 9.64. The molecule has 0 unspecified atom stereocenters.